The molecular formula is C18H28NO7P. The first kappa shape index (κ1) is 22.0. The van der Waals surface area contributed by atoms with Crippen LogP contribution in [0.25, 0.3) is 0 Å². The lowest BCUT2D eigenvalue weighted by Crippen LogP contribution is -2.57. The number of hydrogen-bond acceptors (Lipinski definition) is 6. The highest BCUT2D eigenvalue weighted by Crippen LogP contribution is 2.35. The topological polar surface area (TPSA) is 114 Å². The number of ether oxygens (including phenoxy) is 3. The minimum absolute atomic E-state index is 0.198. The zero-order valence-electron chi connectivity index (χ0n) is 15.8. The van der Waals surface area contributed by atoms with Gasteiger partial charge >= 0.3 is 5.97 Å². The molecule has 1 aliphatic heterocycles. The van der Waals surface area contributed by atoms with Gasteiger partial charge in [0.05, 0.1) is 23.8 Å². The summed E-state index contributed by atoms with van der Waals surface area (Å²) in [5.41, 5.74) is -0.425. The van der Waals surface area contributed by atoms with Crippen LogP contribution in [0.15, 0.2) is 24.3 Å². The highest BCUT2D eigenvalue weighted by molar-refractivity contribution is 7.39. The first-order valence-corrected chi connectivity index (χ1v) is 10.4. The van der Waals surface area contributed by atoms with Gasteiger partial charge in [-0.2, -0.15) is 0 Å². The average molecular weight is 401 g/mol. The van der Waals surface area contributed by atoms with Gasteiger partial charge in [-0.25, -0.2) is 4.79 Å². The van der Waals surface area contributed by atoms with Crippen LogP contribution in [0.1, 0.15) is 36.7 Å². The van der Waals surface area contributed by atoms with E-state index >= 15 is 0 Å². The number of morpholine rings is 1. The highest BCUT2D eigenvalue weighted by Gasteiger charge is 2.41. The standard InChI is InChI=1S/C18H28NO7P/c1-4-24-17(25-5-2)15(27(22)23)14-10-19-18(3,11-26-14)13-8-6-7-12(9-13)16(20)21/h6-9,14-15,17,19,27H,4-5,10-11H2,1-3H3,(H,20,21)(H,22,23)/t14-,15?,18+/m1/s1. The average Bonchev–Trinajstić information content (AvgIpc) is 2.64. The van der Waals surface area contributed by atoms with Gasteiger partial charge < -0.3 is 29.5 Å². The zero-order valence-corrected chi connectivity index (χ0v) is 16.8. The SMILES string of the molecule is CCOC(OCC)C([C@H]1CN[C@](C)(c2cccc(C(=O)O)c2)CO1)[PH](=O)O. The van der Waals surface area contributed by atoms with Crippen molar-refractivity contribution in [2.75, 3.05) is 26.4 Å². The molecule has 0 radical (unpaired) electrons. The number of carboxylic acids is 1. The predicted molar refractivity (Wildman–Crippen MR) is 101 cm³/mol. The summed E-state index contributed by atoms with van der Waals surface area (Å²) in [7, 11) is -2.98. The summed E-state index contributed by atoms with van der Waals surface area (Å²) >= 11 is 0. The van der Waals surface area contributed by atoms with Crippen molar-refractivity contribution >= 4 is 14.0 Å². The van der Waals surface area contributed by atoms with E-state index in [1.807, 2.05) is 13.0 Å². The third-order valence-electron chi connectivity index (χ3n) is 4.67. The lowest BCUT2D eigenvalue weighted by Gasteiger charge is -2.42. The molecule has 4 atom stereocenters. The first-order chi connectivity index (χ1) is 12.8. The van der Waals surface area contributed by atoms with Crippen LogP contribution in [-0.2, 0) is 24.3 Å². The number of aromatic carboxylic acids is 1. The Morgan fingerprint density at radius 2 is 2.07 bits per heavy atom. The van der Waals surface area contributed by atoms with E-state index in [9.17, 15) is 19.4 Å². The second-order valence-corrected chi connectivity index (χ2v) is 7.93. The number of hydrogen-bond donors (Lipinski definition) is 3. The van der Waals surface area contributed by atoms with Gasteiger partial charge in [0.15, 0.2) is 14.3 Å². The maximum absolute atomic E-state index is 12.0. The van der Waals surface area contributed by atoms with Crippen molar-refractivity contribution in [3.05, 3.63) is 35.4 Å². The lowest BCUT2D eigenvalue weighted by atomic mass is 9.90. The molecule has 0 amide bonds. The summed E-state index contributed by atoms with van der Waals surface area (Å²) in [6.07, 6.45) is -1.37. The van der Waals surface area contributed by atoms with Crippen molar-refractivity contribution < 1.29 is 33.6 Å². The second-order valence-electron chi connectivity index (χ2n) is 6.59. The van der Waals surface area contributed by atoms with E-state index in [0.29, 0.717) is 19.8 Å². The molecule has 1 aliphatic rings. The molecule has 9 heteroatoms. The van der Waals surface area contributed by atoms with Crippen molar-refractivity contribution in [1.29, 1.82) is 0 Å². The summed E-state index contributed by atoms with van der Waals surface area (Å²) in [4.78, 5) is 21.1. The van der Waals surface area contributed by atoms with E-state index in [1.165, 1.54) is 6.07 Å². The van der Waals surface area contributed by atoms with Gasteiger partial charge in [-0.3, -0.25) is 4.57 Å². The Bertz CT molecular complexity index is 655. The Hall–Kier alpha value is -1.28. The van der Waals surface area contributed by atoms with Crippen LogP contribution < -0.4 is 5.32 Å². The van der Waals surface area contributed by atoms with Crippen LogP contribution in [0.4, 0.5) is 0 Å². The predicted octanol–water partition coefficient (Wildman–Crippen LogP) is 1.82. The smallest absolute Gasteiger partial charge is 0.335 e. The van der Waals surface area contributed by atoms with Crippen molar-refractivity contribution in [3.63, 3.8) is 0 Å². The Morgan fingerprint density at radius 1 is 1.41 bits per heavy atom. The number of benzene rings is 1. The summed E-state index contributed by atoms with van der Waals surface area (Å²) in [5.74, 6) is -0.995. The molecule has 152 valence electrons. The van der Waals surface area contributed by atoms with E-state index in [1.54, 1.807) is 26.0 Å². The fourth-order valence-corrected chi connectivity index (χ4v) is 4.11. The van der Waals surface area contributed by atoms with Crippen LogP contribution in [0, 0.1) is 0 Å². The van der Waals surface area contributed by atoms with Crippen molar-refractivity contribution in [3.8, 4) is 0 Å². The number of rotatable bonds is 9. The van der Waals surface area contributed by atoms with E-state index < -0.39 is 37.6 Å². The van der Waals surface area contributed by atoms with E-state index in [4.69, 9.17) is 14.2 Å². The van der Waals surface area contributed by atoms with Crippen LogP contribution in [0.3, 0.4) is 0 Å². The molecule has 8 nitrogen and oxygen atoms in total. The second kappa shape index (κ2) is 9.78. The normalized spacial score (nSPS) is 25.3. The number of carbonyl (C=O) groups is 1. The molecule has 1 aromatic rings. The summed E-state index contributed by atoms with van der Waals surface area (Å²) in [5, 5.41) is 12.5. The third-order valence-corrected chi connectivity index (χ3v) is 5.88. The molecule has 0 aromatic heterocycles. The summed E-state index contributed by atoms with van der Waals surface area (Å²) in [6, 6.07) is 6.66. The number of nitrogens with one attached hydrogen (secondary N) is 1. The van der Waals surface area contributed by atoms with E-state index in [2.05, 4.69) is 5.32 Å². The Kier molecular flexibility index (Phi) is 7.97. The van der Waals surface area contributed by atoms with Gasteiger partial charge in [0.1, 0.15) is 5.66 Å². The molecule has 1 saturated heterocycles. The van der Waals surface area contributed by atoms with Crippen LogP contribution in [-0.4, -0.2) is 60.4 Å². The van der Waals surface area contributed by atoms with Gasteiger partial charge in [0.2, 0.25) is 0 Å². The molecule has 1 heterocycles. The Morgan fingerprint density at radius 3 is 2.56 bits per heavy atom. The van der Waals surface area contributed by atoms with E-state index in [0.717, 1.165) is 5.56 Å². The lowest BCUT2D eigenvalue weighted by molar-refractivity contribution is -0.162. The maximum atomic E-state index is 12.0. The van der Waals surface area contributed by atoms with Crippen molar-refractivity contribution in [1.82, 2.24) is 5.32 Å². The minimum Gasteiger partial charge on any atom is -0.478 e. The quantitative estimate of drug-likeness (QED) is 0.424. The molecule has 0 saturated carbocycles. The van der Waals surface area contributed by atoms with E-state index in [-0.39, 0.29) is 12.2 Å². The molecule has 2 unspecified atom stereocenters. The fourth-order valence-electron chi connectivity index (χ4n) is 3.16. The van der Waals surface area contributed by atoms with Crippen LogP contribution in [0.2, 0.25) is 0 Å². The molecule has 1 fully saturated rings. The monoisotopic (exact) mass is 401 g/mol. The summed E-state index contributed by atoms with van der Waals surface area (Å²) < 4.78 is 28.9. The highest BCUT2D eigenvalue weighted by atomic mass is 31.1. The molecule has 27 heavy (non-hydrogen) atoms. The molecule has 3 N–H and O–H groups in total. The van der Waals surface area contributed by atoms with Gasteiger partial charge in [0.25, 0.3) is 0 Å². The zero-order chi connectivity index (χ0) is 20.0. The minimum atomic E-state index is -2.98. The number of carboxylic acid groups (broad SMARTS) is 1. The van der Waals surface area contributed by atoms with Gasteiger partial charge in [-0.05, 0) is 38.5 Å². The first-order valence-electron chi connectivity index (χ1n) is 8.98. The molecular weight excluding hydrogens is 373 g/mol. The molecule has 0 aliphatic carbocycles. The maximum Gasteiger partial charge on any atom is 0.335 e. The van der Waals surface area contributed by atoms with Crippen molar-refractivity contribution in [2.45, 2.75) is 44.4 Å². The van der Waals surface area contributed by atoms with Crippen molar-refractivity contribution in [2.24, 2.45) is 0 Å². The summed E-state index contributed by atoms with van der Waals surface area (Å²) in [6.45, 7) is 6.74. The van der Waals surface area contributed by atoms with Crippen LogP contribution in [0.5, 0.6) is 0 Å². The molecule has 1 aromatic carbocycles. The van der Waals surface area contributed by atoms with Gasteiger partial charge in [0, 0.05) is 19.8 Å². The Balaban J connectivity index is 2.15. The van der Waals surface area contributed by atoms with Crippen LogP contribution >= 0.6 is 8.03 Å². The Labute approximate surface area is 159 Å². The van der Waals surface area contributed by atoms with Gasteiger partial charge in [-0.15, -0.1) is 0 Å². The fraction of sp³-hybridized carbons (Fsp3) is 0.611. The largest absolute Gasteiger partial charge is 0.478 e. The molecule has 0 spiro atoms. The third kappa shape index (κ3) is 5.38. The molecule has 2 rings (SSSR count). The van der Waals surface area contributed by atoms with Gasteiger partial charge in [-0.1, -0.05) is 12.1 Å². The molecule has 0 bridgehead atoms.